The number of nitrogens with one attached hydrogen (secondary N) is 1. The summed E-state index contributed by atoms with van der Waals surface area (Å²) in [6.45, 7) is 1.98. The summed E-state index contributed by atoms with van der Waals surface area (Å²) in [5.41, 5.74) is 0.367. The third-order valence-electron chi connectivity index (χ3n) is 5.06. The van der Waals surface area contributed by atoms with Crippen molar-refractivity contribution in [3.8, 4) is 5.75 Å². The molecule has 1 aromatic rings. The van der Waals surface area contributed by atoms with E-state index in [1.54, 1.807) is 0 Å². The minimum Gasteiger partial charge on any atom is -0.491 e. The predicted molar refractivity (Wildman–Crippen MR) is 93.4 cm³/mol. The minimum atomic E-state index is -0.920. The normalized spacial score (nSPS) is 21.1. The average molecular weight is 346 g/mol. The van der Waals surface area contributed by atoms with E-state index in [1.165, 1.54) is 0 Å². The molecule has 1 heterocycles. The van der Waals surface area contributed by atoms with E-state index < -0.39 is 17.7 Å². The Kier molecular flexibility index (Phi) is 5.27. The van der Waals surface area contributed by atoms with Gasteiger partial charge in [0.2, 0.25) is 0 Å². The van der Waals surface area contributed by atoms with Gasteiger partial charge in [0, 0.05) is 0 Å². The number of hydrogen-bond acceptors (Lipinski definition) is 4. The first-order chi connectivity index (χ1) is 12.0. The van der Waals surface area contributed by atoms with Gasteiger partial charge in [-0.25, -0.2) is 4.79 Å². The Morgan fingerprint density at radius 1 is 1.16 bits per heavy atom. The maximum atomic E-state index is 12.8. The number of β-amino-alcohol motifs (C(OH)–C–C–N with tert-alkyl or cyclic N) is 1. The standard InChI is InChI=1S/C19H26N2O4/c1-14-6-8-16(9-7-14)25-13-15(22)12-21-17(23)19(20-18(21)24)10-4-2-3-5-11-19/h6-9,15,22H,2-5,10-13H2,1H3,(H,20,24)/t15-/m1/s1. The van der Waals surface area contributed by atoms with Crippen LogP contribution in [0.15, 0.2) is 24.3 Å². The first-order valence-electron chi connectivity index (χ1n) is 9.02. The molecule has 1 atom stereocenters. The van der Waals surface area contributed by atoms with Crippen LogP contribution in [-0.4, -0.2) is 46.7 Å². The quantitative estimate of drug-likeness (QED) is 0.803. The second kappa shape index (κ2) is 7.44. The van der Waals surface area contributed by atoms with E-state index in [0.29, 0.717) is 18.6 Å². The highest BCUT2D eigenvalue weighted by atomic mass is 16.5. The molecule has 1 aliphatic heterocycles. The molecule has 1 saturated heterocycles. The van der Waals surface area contributed by atoms with Gasteiger partial charge in [-0.1, -0.05) is 43.4 Å². The molecule has 2 aliphatic rings. The molecule has 3 amide bonds. The molecule has 0 unspecified atom stereocenters. The average Bonchev–Trinajstić information content (AvgIpc) is 2.76. The van der Waals surface area contributed by atoms with Crippen LogP contribution >= 0.6 is 0 Å². The molecule has 0 aromatic heterocycles. The number of rotatable bonds is 5. The fourth-order valence-corrected chi connectivity index (χ4v) is 3.60. The van der Waals surface area contributed by atoms with Crippen LogP contribution in [0, 0.1) is 6.92 Å². The molecule has 6 heteroatoms. The van der Waals surface area contributed by atoms with Gasteiger partial charge < -0.3 is 15.2 Å². The van der Waals surface area contributed by atoms with E-state index in [4.69, 9.17) is 4.74 Å². The Hall–Kier alpha value is -2.08. The van der Waals surface area contributed by atoms with E-state index >= 15 is 0 Å². The monoisotopic (exact) mass is 346 g/mol. The number of benzene rings is 1. The van der Waals surface area contributed by atoms with Gasteiger partial charge in [0.25, 0.3) is 5.91 Å². The lowest BCUT2D eigenvalue weighted by Crippen LogP contribution is -2.47. The molecule has 0 bridgehead atoms. The Labute approximate surface area is 148 Å². The van der Waals surface area contributed by atoms with Crippen LogP contribution < -0.4 is 10.1 Å². The third-order valence-corrected chi connectivity index (χ3v) is 5.06. The molecule has 3 rings (SSSR count). The summed E-state index contributed by atoms with van der Waals surface area (Å²) in [6.07, 6.45) is 4.53. The molecule has 136 valence electrons. The van der Waals surface area contributed by atoms with E-state index in [0.717, 1.165) is 36.1 Å². The molecule has 1 aliphatic carbocycles. The van der Waals surface area contributed by atoms with Crippen molar-refractivity contribution in [2.24, 2.45) is 0 Å². The maximum Gasteiger partial charge on any atom is 0.325 e. The number of aliphatic hydroxyl groups is 1. The zero-order valence-electron chi connectivity index (χ0n) is 14.7. The Bertz CT molecular complexity index is 621. The Morgan fingerprint density at radius 3 is 2.44 bits per heavy atom. The molecule has 2 N–H and O–H groups in total. The number of urea groups is 1. The smallest absolute Gasteiger partial charge is 0.325 e. The van der Waals surface area contributed by atoms with Gasteiger partial charge in [-0.2, -0.15) is 0 Å². The van der Waals surface area contributed by atoms with Gasteiger partial charge in [-0.15, -0.1) is 0 Å². The van der Waals surface area contributed by atoms with Crippen molar-refractivity contribution in [3.63, 3.8) is 0 Å². The van der Waals surface area contributed by atoms with Crippen LogP contribution in [0.25, 0.3) is 0 Å². The largest absolute Gasteiger partial charge is 0.491 e. The first-order valence-corrected chi connectivity index (χ1v) is 9.02. The zero-order chi connectivity index (χ0) is 17.9. The third kappa shape index (κ3) is 3.95. The van der Waals surface area contributed by atoms with Gasteiger partial charge in [-0.3, -0.25) is 9.69 Å². The highest BCUT2D eigenvalue weighted by molar-refractivity contribution is 6.07. The fourth-order valence-electron chi connectivity index (χ4n) is 3.60. The summed E-state index contributed by atoms with van der Waals surface area (Å²) < 4.78 is 5.54. The second-order valence-electron chi connectivity index (χ2n) is 7.12. The van der Waals surface area contributed by atoms with Crippen LogP contribution in [0.5, 0.6) is 5.75 Å². The van der Waals surface area contributed by atoms with E-state index in [1.807, 2.05) is 31.2 Å². The lowest BCUT2D eigenvalue weighted by Gasteiger charge is -2.25. The predicted octanol–water partition coefficient (Wildman–Crippen LogP) is 2.38. The van der Waals surface area contributed by atoms with Crippen molar-refractivity contribution in [2.75, 3.05) is 13.2 Å². The molecule has 1 saturated carbocycles. The number of nitrogens with zero attached hydrogens (tertiary/aromatic N) is 1. The van der Waals surface area contributed by atoms with E-state index in [-0.39, 0.29) is 19.1 Å². The van der Waals surface area contributed by atoms with Crippen LogP contribution in [0.4, 0.5) is 4.79 Å². The van der Waals surface area contributed by atoms with Crippen molar-refractivity contribution in [2.45, 2.75) is 57.1 Å². The van der Waals surface area contributed by atoms with Crippen molar-refractivity contribution >= 4 is 11.9 Å². The van der Waals surface area contributed by atoms with E-state index in [9.17, 15) is 14.7 Å². The molecule has 1 spiro atoms. The summed E-state index contributed by atoms with van der Waals surface area (Å²) in [5.74, 6) is 0.455. The van der Waals surface area contributed by atoms with Gasteiger partial charge in [0.15, 0.2) is 0 Å². The van der Waals surface area contributed by atoms with Crippen molar-refractivity contribution < 1.29 is 19.4 Å². The molecular formula is C19H26N2O4. The van der Waals surface area contributed by atoms with Crippen LogP contribution in [0.2, 0.25) is 0 Å². The van der Waals surface area contributed by atoms with Gasteiger partial charge in [0.1, 0.15) is 24.0 Å². The number of imide groups is 1. The number of aliphatic hydroxyl groups excluding tert-OH is 1. The minimum absolute atomic E-state index is 0.0348. The van der Waals surface area contributed by atoms with Crippen LogP contribution in [-0.2, 0) is 4.79 Å². The maximum absolute atomic E-state index is 12.8. The number of ether oxygens (including phenoxy) is 1. The number of hydrogen-bond donors (Lipinski definition) is 2. The van der Waals surface area contributed by atoms with Gasteiger partial charge >= 0.3 is 6.03 Å². The summed E-state index contributed by atoms with van der Waals surface area (Å²) in [7, 11) is 0. The van der Waals surface area contributed by atoms with E-state index in [2.05, 4.69) is 5.32 Å². The number of amides is 3. The summed E-state index contributed by atoms with van der Waals surface area (Å²) in [5, 5.41) is 13.1. The molecule has 25 heavy (non-hydrogen) atoms. The highest BCUT2D eigenvalue weighted by Crippen LogP contribution is 2.32. The molecular weight excluding hydrogens is 320 g/mol. The van der Waals surface area contributed by atoms with Crippen molar-refractivity contribution in [3.05, 3.63) is 29.8 Å². The molecule has 6 nitrogen and oxygen atoms in total. The Morgan fingerprint density at radius 2 is 1.80 bits per heavy atom. The number of carbonyl (C=O) groups is 2. The van der Waals surface area contributed by atoms with Crippen molar-refractivity contribution in [1.82, 2.24) is 10.2 Å². The Balaban J connectivity index is 1.57. The zero-order valence-corrected chi connectivity index (χ0v) is 14.7. The van der Waals surface area contributed by atoms with Crippen molar-refractivity contribution in [1.29, 1.82) is 0 Å². The molecule has 1 aromatic carbocycles. The highest BCUT2D eigenvalue weighted by Gasteiger charge is 2.50. The topological polar surface area (TPSA) is 78.9 Å². The number of aryl methyl sites for hydroxylation is 1. The van der Waals surface area contributed by atoms with Crippen LogP contribution in [0.3, 0.4) is 0 Å². The van der Waals surface area contributed by atoms with Gasteiger partial charge in [-0.05, 0) is 31.9 Å². The lowest BCUT2D eigenvalue weighted by molar-refractivity contribution is -0.132. The SMILES string of the molecule is Cc1ccc(OC[C@H](O)CN2C(=O)NC3(CCCCCC3)C2=O)cc1. The summed E-state index contributed by atoms with van der Waals surface area (Å²) in [6, 6.07) is 7.11. The lowest BCUT2D eigenvalue weighted by atomic mass is 9.90. The summed E-state index contributed by atoms with van der Waals surface area (Å²) >= 11 is 0. The molecule has 2 fully saturated rings. The number of carbonyl (C=O) groups excluding carboxylic acids is 2. The first kappa shape index (κ1) is 17.7. The summed E-state index contributed by atoms with van der Waals surface area (Å²) in [4.78, 5) is 26.2. The molecule has 0 radical (unpaired) electrons. The van der Waals surface area contributed by atoms with Crippen LogP contribution in [0.1, 0.15) is 44.1 Å². The van der Waals surface area contributed by atoms with Gasteiger partial charge in [0.05, 0.1) is 6.54 Å². The fraction of sp³-hybridized carbons (Fsp3) is 0.579. The second-order valence-corrected chi connectivity index (χ2v) is 7.12.